The largest absolute Gasteiger partial charge is 0.497 e. The van der Waals surface area contributed by atoms with Crippen LogP contribution in [0.1, 0.15) is 0 Å². The second-order valence-electron chi connectivity index (χ2n) is 8.22. The summed E-state index contributed by atoms with van der Waals surface area (Å²) in [7, 11) is -4.13. The van der Waals surface area contributed by atoms with Gasteiger partial charge in [-0.2, -0.15) is 0 Å². The van der Waals surface area contributed by atoms with Crippen molar-refractivity contribution in [2.75, 3.05) is 36.9 Å². The average molecular weight is 571 g/mol. The molecular weight excluding hydrogens is 544 g/mol. The molecule has 0 spiro atoms. The minimum absolute atomic E-state index is 0.0193. The summed E-state index contributed by atoms with van der Waals surface area (Å²) >= 11 is 0. The molecule has 0 aliphatic rings. The number of carbonyl (C=O) groups excluding carboxylic acids is 1. The number of esters is 1. The average Bonchev–Trinajstić information content (AvgIpc) is 2.96. The summed E-state index contributed by atoms with van der Waals surface area (Å²) in [5.74, 6) is 0.195. The number of ether oxygens (including phenoxy) is 3. The molecule has 0 unspecified atom stereocenters. The van der Waals surface area contributed by atoms with Crippen LogP contribution in [0.3, 0.4) is 0 Å². The van der Waals surface area contributed by atoms with Crippen molar-refractivity contribution in [3.63, 3.8) is 0 Å². The Balaban J connectivity index is 1.82. The van der Waals surface area contributed by atoms with Gasteiger partial charge in [-0.3, -0.25) is 13.8 Å². The molecule has 12 heteroatoms. The molecule has 39 heavy (non-hydrogen) atoms. The van der Waals surface area contributed by atoms with Gasteiger partial charge in [0.2, 0.25) is 0 Å². The van der Waals surface area contributed by atoms with Crippen LogP contribution in [-0.2, 0) is 29.6 Å². The highest BCUT2D eigenvalue weighted by Crippen LogP contribution is 2.36. The topological polar surface area (TPSA) is 128 Å². The van der Waals surface area contributed by atoms with Crippen LogP contribution in [0.4, 0.5) is 11.4 Å². The Bertz CT molecular complexity index is 1700. The van der Waals surface area contributed by atoms with Gasteiger partial charge < -0.3 is 14.2 Å². The van der Waals surface area contributed by atoms with Crippen LogP contribution in [-0.4, -0.2) is 50.7 Å². The number of fused-ring (bicyclic) bond motifs is 1. The highest BCUT2D eigenvalue weighted by atomic mass is 32.2. The molecule has 0 fully saturated rings. The molecule has 0 saturated carbocycles. The lowest BCUT2D eigenvalue weighted by Crippen LogP contribution is -2.36. The Hall–Kier alpha value is -4.29. The second-order valence-corrected chi connectivity index (χ2v) is 11.8. The maximum Gasteiger partial charge on any atom is 0.326 e. The highest BCUT2D eigenvalue weighted by molar-refractivity contribution is 7.93. The van der Waals surface area contributed by atoms with E-state index < -0.39 is 32.6 Å². The molecule has 0 aliphatic carbocycles. The summed E-state index contributed by atoms with van der Waals surface area (Å²) in [6, 6.07) is 21.2. The van der Waals surface area contributed by atoms with Crippen LogP contribution in [0.15, 0.2) is 94.7 Å². The Morgan fingerprint density at radius 3 is 1.79 bits per heavy atom. The molecule has 0 saturated heterocycles. The lowest BCUT2D eigenvalue weighted by molar-refractivity contribution is -0.138. The summed E-state index contributed by atoms with van der Waals surface area (Å²) in [6.07, 6.45) is 0. The van der Waals surface area contributed by atoms with Crippen molar-refractivity contribution < 1.29 is 35.8 Å². The number of hydrogen-bond donors (Lipinski definition) is 1. The SMILES string of the molecule is COC(=O)CN(c1ccc(NS(=O)(=O)c2ccc(OC)cc2)c2ccccc12)S(=O)(=O)c1ccc(OC)cc1. The smallest absolute Gasteiger partial charge is 0.326 e. The first-order valence-corrected chi connectivity index (χ1v) is 14.5. The van der Waals surface area contributed by atoms with E-state index in [-0.39, 0.29) is 21.2 Å². The van der Waals surface area contributed by atoms with Gasteiger partial charge in [0.15, 0.2) is 0 Å². The van der Waals surface area contributed by atoms with Gasteiger partial charge in [-0.1, -0.05) is 24.3 Å². The number of nitrogens with one attached hydrogen (secondary N) is 1. The fraction of sp³-hybridized carbons (Fsp3) is 0.148. The number of methoxy groups -OCH3 is 3. The number of rotatable bonds is 10. The van der Waals surface area contributed by atoms with Gasteiger partial charge in [0.05, 0.1) is 42.5 Å². The summed E-state index contributed by atoms with van der Waals surface area (Å²) in [4.78, 5) is 12.3. The molecule has 0 atom stereocenters. The first-order chi connectivity index (χ1) is 18.6. The molecular formula is C27H26N2O8S2. The normalized spacial score (nSPS) is 11.6. The van der Waals surface area contributed by atoms with Crippen LogP contribution in [0, 0.1) is 0 Å². The number of carbonyl (C=O) groups is 1. The van der Waals surface area contributed by atoms with Gasteiger partial charge in [-0.25, -0.2) is 16.8 Å². The number of nitrogens with zero attached hydrogens (tertiary/aromatic N) is 1. The third-order valence-electron chi connectivity index (χ3n) is 5.93. The quantitative estimate of drug-likeness (QED) is 0.283. The molecule has 0 amide bonds. The molecule has 4 aromatic carbocycles. The standard InChI is InChI=1S/C27H26N2O8S2/c1-35-19-8-12-21(13-9-19)38(31,32)28-25-16-17-26(24-7-5-4-6-23(24)25)29(18-27(30)37-3)39(33,34)22-14-10-20(36-2)11-15-22/h4-17,28H,18H2,1-3H3. The van der Waals surface area contributed by atoms with Gasteiger partial charge in [-0.05, 0) is 60.7 Å². The number of anilines is 2. The molecule has 0 bridgehead atoms. The predicted octanol–water partition coefficient (Wildman–Crippen LogP) is 4.03. The zero-order chi connectivity index (χ0) is 28.2. The van der Waals surface area contributed by atoms with Crippen molar-refractivity contribution in [2.24, 2.45) is 0 Å². The van der Waals surface area contributed by atoms with Gasteiger partial charge in [0.1, 0.15) is 18.0 Å². The fourth-order valence-electron chi connectivity index (χ4n) is 3.90. The summed E-state index contributed by atoms with van der Waals surface area (Å²) in [5.41, 5.74) is 0.393. The molecule has 204 valence electrons. The van der Waals surface area contributed by atoms with Gasteiger partial charge in [-0.15, -0.1) is 0 Å². The highest BCUT2D eigenvalue weighted by Gasteiger charge is 2.29. The second kappa shape index (κ2) is 11.2. The van der Waals surface area contributed by atoms with Gasteiger partial charge in [0.25, 0.3) is 20.0 Å². The number of sulfonamides is 2. The first kappa shape index (κ1) is 27.7. The molecule has 1 N–H and O–H groups in total. The predicted molar refractivity (Wildman–Crippen MR) is 147 cm³/mol. The number of benzene rings is 4. The molecule has 4 rings (SSSR count). The summed E-state index contributed by atoms with van der Waals surface area (Å²) in [5, 5.41) is 0.820. The lowest BCUT2D eigenvalue weighted by Gasteiger charge is -2.25. The van der Waals surface area contributed by atoms with E-state index in [2.05, 4.69) is 4.72 Å². The van der Waals surface area contributed by atoms with Crippen LogP contribution in [0.2, 0.25) is 0 Å². The van der Waals surface area contributed by atoms with E-state index in [0.29, 0.717) is 22.3 Å². The van der Waals surface area contributed by atoms with Crippen LogP contribution in [0.5, 0.6) is 11.5 Å². The van der Waals surface area contributed by atoms with E-state index in [9.17, 15) is 21.6 Å². The molecule has 0 aliphatic heterocycles. The monoisotopic (exact) mass is 570 g/mol. The van der Waals surface area contributed by atoms with E-state index in [0.717, 1.165) is 11.4 Å². The lowest BCUT2D eigenvalue weighted by atomic mass is 10.1. The molecule has 10 nitrogen and oxygen atoms in total. The van der Waals surface area contributed by atoms with E-state index in [1.54, 1.807) is 24.3 Å². The number of hydrogen-bond acceptors (Lipinski definition) is 8. The van der Waals surface area contributed by atoms with E-state index in [1.165, 1.54) is 74.9 Å². The minimum Gasteiger partial charge on any atom is -0.497 e. The van der Waals surface area contributed by atoms with Crippen molar-refractivity contribution in [1.82, 2.24) is 0 Å². The maximum absolute atomic E-state index is 13.7. The van der Waals surface area contributed by atoms with E-state index >= 15 is 0 Å². The van der Waals surface area contributed by atoms with E-state index in [1.807, 2.05) is 0 Å². The Morgan fingerprint density at radius 2 is 1.26 bits per heavy atom. The van der Waals surface area contributed by atoms with Crippen LogP contribution >= 0.6 is 0 Å². The first-order valence-electron chi connectivity index (χ1n) is 11.5. The van der Waals surface area contributed by atoms with Crippen LogP contribution < -0.4 is 18.5 Å². The van der Waals surface area contributed by atoms with Crippen molar-refractivity contribution in [3.05, 3.63) is 84.9 Å². The van der Waals surface area contributed by atoms with Crippen molar-refractivity contribution in [2.45, 2.75) is 9.79 Å². The summed E-state index contributed by atoms with van der Waals surface area (Å²) < 4.78 is 72.2. The van der Waals surface area contributed by atoms with Crippen molar-refractivity contribution in [1.29, 1.82) is 0 Å². The Labute approximate surface area is 226 Å². The third kappa shape index (κ3) is 5.76. The molecule has 4 aromatic rings. The Kier molecular flexibility index (Phi) is 7.98. The van der Waals surface area contributed by atoms with Crippen molar-refractivity contribution in [3.8, 4) is 11.5 Å². The summed E-state index contributed by atoms with van der Waals surface area (Å²) in [6.45, 7) is -0.605. The molecule has 0 heterocycles. The minimum atomic E-state index is -4.25. The maximum atomic E-state index is 13.7. The van der Waals surface area contributed by atoms with Gasteiger partial charge in [0, 0.05) is 10.8 Å². The van der Waals surface area contributed by atoms with E-state index in [4.69, 9.17) is 14.2 Å². The third-order valence-corrected chi connectivity index (χ3v) is 9.09. The fourth-order valence-corrected chi connectivity index (χ4v) is 6.41. The van der Waals surface area contributed by atoms with Crippen molar-refractivity contribution >= 4 is 48.2 Å². The zero-order valence-electron chi connectivity index (χ0n) is 21.3. The Morgan fingerprint density at radius 1 is 0.718 bits per heavy atom. The van der Waals surface area contributed by atoms with Gasteiger partial charge >= 0.3 is 5.97 Å². The zero-order valence-corrected chi connectivity index (χ0v) is 23.0. The van der Waals surface area contributed by atoms with Crippen LogP contribution in [0.25, 0.3) is 10.8 Å². The molecule has 0 aromatic heterocycles. The molecule has 0 radical (unpaired) electrons.